The number of hydrogen-bond donors (Lipinski definition) is 2. The Labute approximate surface area is 99.9 Å². The Morgan fingerprint density at radius 1 is 1.53 bits per heavy atom. The number of benzene rings is 1. The van der Waals surface area contributed by atoms with E-state index in [4.69, 9.17) is 15.2 Å². The molecular weight excluding hydrogens is 220 g/mol. The van der Waals surface area contributed by atoms with Gasteiger partial charge in [-0.05, 0) is 25.0 Å². The minimum absolute atomic E-state index is 0.0161. The Bertz CT molecular complexity index is 416. The van der Waals surface area contributed by atoms with E-state index in [-0.39, 0.29) is 12.5 Å². The van der Waals surface area contributed by atoms with Gasteiger partial charge in [0.2, 0.25) is 0 Å². The number of methoxy groups -OCH3 is 1. The molecule has 5 nitrogen and oxygen atoms in total. The summed E-state index contributed by atoms with van der Waals surface area (Å²) in [5.41, 5.74) is 6.22. The maximum Gasteiger partial charge on any atom is 0.258 e. The predicted octanol–water partition coefficient (Wildman–Crippen LogP) is 0.935. The van der Waals surface area contributed by atoms with Gasteiger partial charge < -0.3 is 20.5 Å². The summed E-state index contributed by atoms with van der Waals surface area (Å²) in [7, 11) is 1.55. The zero-order valence-electron chi connectivity index (χ0n) is 9.73. The predicted molar refractivity (Wildman–Crippen MR) is 64.1 cm³/mol. The van der Waals surface area contributed by atoms with E-state index < -0.39 is 0 Å². The van der Waals surface area contributed by atoms with E-state index in [1.54, 1.807) is 25.3 Å². The Morgan fingerprint density at radius 3 is 2.88 bits per heavy atom. The van der Waals surface area contributed by atoms with Gasteiger partial charge in [0.25, 0.3) is 5.91 Å². The lowest BCUT2D eigenvalue weighted by atomic mass is 10.3. The van der Waals surface area contributed by atoms with E-state index >= 15 is 0 Å². The van der Waals surface area contributed by atoms with Crippen LogP contribution in [0.5, 0.6) is 11.5 Å². The minimum atomic E-state index is -0.0955. The van der Waals surface area contributed by atoms with Gasteiger partial charge in [0, 0.05) is 12.1 Å². The number of nitrogen functional groups attached to an aromatic ring is 1. The molecule has 0 atom stereocenters. The topological polar surface area (TPSA) is 73.6 Å². The van der Waals surface area contributed by atoms with Crippen molar-refractivity contribution in [3.63, 3.8) is 0 Å². The van der Waals surface area contributed by atoms with Gasteiger partial charge in [-0.1, -0.05) is 0 Å². The molecule has 5 heteroatoms. The van der Waals surface area contributed by atoms with Crippen LogP contribution in [0.4, 0.5) is 5.69 Å². The highest BCUT2D eigenvalue weighted by Gasteiger charge is 2.23. The summed E-state index contributed by atoms with van der Waals surface area (Å²) in [5.74, 6) is 1.07. The molecule has 1 aliphatic rings. The molecule has 92 valence electrons. The van der Waals surface area contributed by atoms with E-state index in [0.29, 0.717) is 23.2 Å². The molecule has 0 aliphatic heterocycles. The first-order chi connectivity index (χ1) is 8.19. The van der Waals surface area contributed by atoms with Gasteiger partial charge in [0.15, 0.2) is 6.61 Å². The average molecular weight is 236 g/mol. The molecule has 0 heterocycles. The maximum atomic E-state index is 11.4. The normalized spacial score (nSPS) is 14.2. The quantitative estimate of drug-likeness (QED) is 0.746. The zero-order chi connectivity index (χ0) is 12.3. The first-order valence-corrected chi connectivity index (χ1v) is 5.54. The first-order valence-electron chi connectivity index (χ1n) is 5.54. The van der Waals surface area contributed by atoms with Crippen LogP contribution < -0.4 is 20.5 Å². The molecule has 1 fully saturated rings. The smallest absolute Gasteiger partial charge is 0.258 e. The summed E-state index contributed by atoms with van der Waals surface area (Å²) in [5, 5.41) is 2.84. The molecule has 1 aliphatic carbocycles. The van der Waals surface area contributed by atoms with Gasteiger partial charge in [-0.2, -0.15) is 0 Å². The first kappa shape index (κ1) is 11.6. The number of nitrogens with one attached hydrogen (secondary N) is 1. The van der Waals surface area contributed by atoms with Crippen LogP contribution in [0.25, 0.3) is 0 Å². The minimum Gasteiger partial charge on any atom is -0.495 e. The number of carbonyl (C=O) groups is 1. The lowest BCUT2D eigenvalue weighted by molar-refractivity contribution is -0.123. The molecule has 3 N–H and O–H groups in total. The number of nitrogens with two attached hydrogens (primary N) is 1. The summed E-state index contributed by atoms with van der Waals surface area (Å²) in [6.07, 6.45) is 2.14. The van der Waals surface area contributed by atoms with Crippen LogP contribution in [0.15, 0.2) is 18.2 Å². The van der Waals surface area contributed by atoms with Crippen LogP contribution in [-0.2, 0) is 4.79 Å². The van der Waals surface area contributed by atoms with Gasteiger partial charge in [-0.3, -0.25) is 4.79 Å². The number of amides is 1. The maximum absolute atomic E-state index is 11.4. The summed E-state index contributed by atoms with van der Waals surface area (Å²) >= 11 is 0. The largest absolute Gasteiger partial charge is 0.495 e. The van der Waals surface area contributed by atoms with Crippen LogP contribution in [0.3, 0.4) is 0 Å². The van der Waals surface area contributed by atoms with Gasteiger partial charge in [-0.15, -0.1) is 0 Å². The van der Waals surface area contributed by atoms with Crippen molar-refractivity contribution in [1.29, 1.82) is 0 Å². The number of rotatable bonds is 5. The molecule has 2 rings (SSSR count). The van der Waals surface area contributed by atoms with Gasteiger partial charge in [-0.25, -0.2) is 0 Å². The molecule has 1 amide bonds. The average Bonchev–Trinajstić information content (AvgIpc) is 3.10. The Balaban J connectivity index is 1.85. The summed E-state index contributed by atoms with van der Waals surface area (Å²) in [6, 6.07) is 5.43. The molecule has 0 spiro atoms. The van der Waals surface area contributed by atoms with Crippen molar-refractivity contribution in [2.24, 2.45) is 0 Å². The third kappa shape index (κ3) is 3.27. The summed E-state index contributed by atoms with van der Waals surface area (Å²) < 4.78 is 10.4. The van der Waals surface area contributed by atoms with Crippen molar-refractivity contribution in [2.45, 2.75) is 18.9 Å². The molecule has 17 heavy (non-hydrogen) atoms. The summed E-state index contributed by atoms with van der Waals surface area (Å²) in [4.78, 5) is 11.4. The highest BCUT2D eigenvalue weighted by Crippen LogP contribution is 2.25. The molecule has 0 radical (unpaired) electrons. The van der Waals surface area contributed by atoms with Crippen molar-refractivity contribution in [2.75, 3.05) is 19.5 Å². The van der Waals surface area contributed by atoms with E-state index in [2.05, 4.69) is 5.32 Å². The van der Waals surface area contributed by atoms with Crippen LogP contribution in [-0.4, -0.2) is 25.7 Å². The zero-order valence-corrected chi connectivity index (χ0v) is 9.73. The molecule has 0 unspecified atom stereocenters. The van der Waals surface area contributed by atoms with E-state index in [1.807, 2.05) is 0 Å². The lowest BCUT2D eigenvalue weighted by Crippen LogP contribution is -2.30. The molecule has 0 saturated heterocycles. The van der Waals surface area contributed by atoms with Crippen LogP contribution in [0.2, 0.25) is 0 Å². The number of anilines is 1. The van der Waals surface area contributed by atoms with Crippen molar-refractivity contribution in [3.05, 3.63) is 18.2 Å². The number of hydrogen-bond acceptors (Lipinski definition) is 4. The van der Waals surface area contributed by atoms with Crippen LogP contribution in [0, 0.1) is 0 Å². The molecular formula is C12H16N2O3. The van der Waals surface area contributed by atoms with E-state index in [0.717, 1.165) is 12.8 Å². The monoisotopic (exact) mass is 236 g/mol. The Morgan fingerprint density at radius 2 is 2.29 bits per heavy atom. The third-order valence-electron chi connectivity index (χ3n) is 2.51. The molecule has 1 aromatic rings. The van der Waals surface area contributed by atoms with Crippen molar-refractivity contribution in [3.8, 4) is 11.5 Å². The van der Waals surface area contributed by atoms with Crippen LogP contribution >= 0.6 is 0 Å². The molecule has 1 saturated carbocycles. The second kappa shape index (κ2) is 4.95. The number of ether oxygens (including phenoxy) is 2. The van der Waals surface area contributed by atoms with Crippen molar-refractivity contribution in [1.82, 2.24) is 5.32 Å². The van der Waals surface area contributed by atoms with Crippen LogP contribution in [0.1, 0.15) is 12.8 Å². The molecule has 1 aromatic carbocycles. The highest BCUT2D eigenvalue weighted by molar-refractivity contribution is 5.78. The third-order valence-corrected chi connectivity index (χ3v) is 2.51. The summed E-state index contributed by atoms with van der Waals surface area (Å²) in [6.45, 7) is 0.0161. The van der Waals surface area contributed by atoms with E-state index in [9.17, 15) is 4.79 Å². The van der Waals surface area contributed by atoms with Crippen molar-refractivity contribution >= 4 is 11.6 Å². The van der Waals surface area contributed by atoms with E-state index in [1.165, 1.54) is 0 Å². The van der Waals surface area contributed by atoms with Crippen molar-refractivity contribution < 1.29 is 14.3 Å². The lowest BCUT2D eigenvalue weighted by Gasteiger charge is -2.09. The second-order valence-corrected chi connectivity index (χ2v) is 4.03. The number of carbonyl (C=O) groups excluding carboxylic acids is 1. The SMILES string of the molecule is COc1ccc(OCC(=O)NC2CC2)cc1N. The molecule has 0 aromatic heterocycles. The Hall–Kier alpha value is -1.91. The standard InChI is InChI=1S/C12H16N2O3/c1-16-11-5-4-9(6-10(11)13)17-7-12(15)14-8-2-3-8/h4-6,8H,2-3,7,13H2,1H3,(H,14,15). The molecule has 0 bridgehead atoms. The van der Waals surface area contributed by atoms with Gasteiger partial charge in [0.05, 0.1) is 12.8 Å². The highest BCUT2D eigenvalue weighted by atomic mass is 16.5. The second-order valence-electron chi connectivity index (χ2n) is 4.03. The Kier molecular flexibility index (Phi) is 3.37. The fourth-order valence-corrected chi connectivity index (χ4v) is 1.45. The fraction of sp³-hybridized carbons (Fsp3) is 0.417. The van der Waals surface area contributed by atoms with Gasteiger partial charge >= 0.3 is 0 Å². The fourth-order valence-electron chi connectivity index (χ4n) is 1.45. The van der Waals surface area contributed by atoms with Gasteiger partial charge in [0.1, 0.15) is 11.5 Å².